The van der Waals surface area contributed by atoms with Crippen LogP contribution in [0.25, 0.3) is 0 Å². The van der Waals surface area contributed by atoms with Crippen LogP contribution in [0.1, 0.15) is 52.9 Å². The van der Waals surface area contributed by atoms with Gasteiger partial charge < -0.3 is 18.7 Å². The van der Waals surface area contributed by atoms with Gasteiger partial charge in [-0.1, -0.05) is 65.0 Å². The first-order valence-corrected chi connectivity index (χ1v) is 12.9. The van der Waals surface area contributed by atoms with Crippen molar-refractivity contribution in [2.24, 2.45) is 11.8 Å². The van der Waals surface area contributed by atoms with E-state index in [1.807, 2.05) is 30.3 Å². The summed E-state index contributed by atoms with van der Waals surface area (Å²) in [5.41, 5.74) is 0.989. The maximum atomic E-state index is 11.2. The molecule has 0 aliphatic carbocycles. The number of hydrogen-bond acceptors (Lipinski definition) is 4. The first-order chi connectivity index (χ1) is 12.6. The van der Waals surface area contributed by atoms with Gasteiger partial charge >= 0.3 is 0 Å². The second-order valence-corrected chi connectivity index (χ2v) is 14.1. The van der Waals surface area contributed by atoms with Crippen molar-refractivity contribution in [1.29, 1.82) is 0 Å². The Labute approximate surface area is 165 Å². The summed E-state index contributed by atoms with van der Waals surface area (Å²) in [7, 11) is -1.81. The Hall–Kier alpha value is -1.01. The van der Waals surface area contributed by atoms with Crippen LogP contribution in [-0.2, 0) is 18.7 Å². The summed E-state index contributed by atoms with van der Waals surface area (Å²) in [6.45, 7) is 16.3. The number of benzene rings is 1. The van der Waals surface area contributed by atoms with Crippen molar-refractivity contribution < 1.29 is 18.7 Å². The third kappa shape index (κ3) is 5.50. The van der Waals surface area contributed by atoms with Crippen molar-refractivity contribution in [2.45, 2.75) is 77.7 Å². The third-order valence-electron chi connectivity index (χ3n) is 6.16. The minimum absolute atomic E-state index is 0.0151. The Morgan fingerprint density at radius 3 is 2.37 bits per heavy atom. The molecule has 4 nitrogen and oxygen atoms in total. The van der Waals surface area contributed by atoms with Crippen LogP contribution in [0, 0.1) is 11.8 Å². The Bertz CT molecular complexity index is 596. The molecule has 0 unspecified atom stereocenters. The van der Waals surface area contributed by atoms with Crippen LogP contribution in [0.15, 0.2) is 30.3 Å². The smallest absolute Gasteiger partial charge is 0.191 e. The molecule has 1 heterocycles. The Kier molecular flexibility index (Phi) is 7.42. The molecule has 5 heteroatoms. The number of carbonyl (C=O) groups is 1. The van der Waals surface area contributed by atoms with Crippen molar-refractivity contribution >= 4 is 14.6 Å². The average Bonchev–Trinajstić information content (AvgIpc) is 2.61. The summed E-state index contributed by atoms with van der Waals surface area (Å²) >= 11 is 0. The molecular formula is C22H36O4Si. The van der Waals surface area contributed by atoms with Crippen LogP contribution in [0.4, 0.5) is 0 Å². The van der Waals surface area contributed by atoms with Gasteiger partial charge in [-0.25, -0.2) is 0 Å². The van der Waals surface area contributed by atoms with Gasteiger partial charge in [-0.05, 0) is 18.1 Å². The van der Waals surface area contributed by atoms with Crippen molar-refractivity contribution in [3.63, 3.8) is 0 Å². The van der Waals surface area contributed by atoms with E-state index in [2.05, 4.69) is 47.7 Å². The highest BCUT2D eigenvalue weighted by molar-refractivity contribution is 6.74. The van der Waals surface area contributed by atoms with E-state index in [0.29, 0.717) is 13.0 Å². The molecule has 1 aromatic rings. The summed E-state index contributed by atoms with van der Waals surface area (Å²) in [6.07, 6.45) is 0.746. The lowest BCUT2D eigenvalue weighted by Crippen LogP contribution is -2.48. The molecule has 1 aliphatic heterocycles. The van der Waals surface area contributed by atoms with Crippen LogP contribution in [0.2, 0.25) is 18.1 Å². The second-order valence-electron chi connectivity index (χ2n) is 9.33. The minimum Gasteiger partial charge on any atom is -0.416 e. The van der Waals surface area contributed by atoms with Crippen molar-refractivity contribution in [3.05, 3.63) is 35.9 Å². The van der Waals surface area contributed by atoms with E-state index in [1.165, 1.54) is 0 Å². The fraction of sp³-hybridized carbons (Fsp3) is 0.682. The number of ether oxygens (including phenoxy) is 2. The SMILES string of the molecule is C[C@@H]1[C@@H]([C@@H](C)CO[Si](C)(C)C(C)(C)C)O[C@@H](c2ccccc2)O[C@H]1CC=O. The Balaban J connectivity index is 2.13. The number of rotatable bonds is 7. The molecule has 0 bridgehead atoms. The lowest BCUT2D eigenvalue weighted by molar-refractivity contribution is -0.281. The zero-order valence-corrected chi connectivity index (χ0v) is 18.9. The molecule has 27 heavy (non-hydrogen) atoms. The van der Waals surface area contributed by atoms with E-state index in [0.717, 1.165) is 11.8 Å². The van der Waals surface area contributed by atoms with E-state index < -0.39 is 14.6 Å². The predicted octanol–water partition coefficient (Wildman–Crippen LogP) is 5.35. The second kappa shape index (κ2) is 8.99. The number of hydrogen-bond donors (Lipinski definition) is 0. The van der Waals surface area contributed by atoms with Gasteiger partial charge in [-0.15, -0.1) is 0 Å². The first kappa shape index (κ1) is 22.3. The fourth-order valence-electron chi connectivity index (χ4n) is 3.23. The third-order valence-corrected chi connectivity index (χ3v) is 10.7. The van der Waals surface area contributed by atoms with Gasteiger partial charge in [0.15, 0.2) is 14.6 Å². The van der Waals surface area contributed by atoms with Crippen LogP contribution in [0.5, 0.6) is 0 Å². The van der Waals surface area contributed by atoms with Gasteiger partial charge in [0.05, 0.1) is 12.2 Å². The van der Waals surface area contributed by atoms with E-state index >= 15 is 0 Å². The zero-order valence-electron chi connectivity index (χ0n) is 17.9. The van der Waals surface area contributed by atoms with E-state index in [-0.39, 0.29) is 29.1 Å². The van der Waals surface area contributed by atoms with Gasteiger partial charge in [0.1, 0.15) is 6.29 Å². The monoisotopic (exact) mass is 392 g/mol. The molecule has 0 saturated carbocycles. The highest BCUT2D eigenvalue weighted by Crippen LogP contribution is 2.39. The predicted molar refractivity (Wildman–Crippen MR) is 111 cm³/mol. The Morgan fingerprint density at radius 2 is 1.81 bits per heavy atom. The molecule has 152 valence electrons. The van der Waals surface area contributed by atoms with Gasteiger partial charge in [-0.2, -0.15) is 0 Å². The van der Waals surface area contributed by atoms with Crippen molar-refractivity contribution in [2.75, 3.05) is 6.61 Å². The molecule has 1 aromatic carbocycles. The van der Waals surface area contributed by atoms with Crippen molar-refractivity contribution in [3.8, 4) is 0 Å². The summed E-state index contributed by atoms with van der Waals surface area (Å²) in [6, 6.07) is 9.95. The molecule has 0 spiro atoms. The average molecular weight is 393 g/mol. The van der Waals surface area contributed by atoms with E-state index in [1.54, 1.807) is 0 Å². The summed E-state index contributed by atoms with van der Waals surface area (Å²) < 4.78 is 18.9. The largest absolute Gasteiger partial charge is 0.416 e. The van der Waals surface area contributed by atoms with Crippen molar-refractivity contribution in [1.82, 2.24) is 0 Å². The van der Waals surface area contributed by atoms with E-state index in [9.17, 15) is 4.79 Å². The molecule has 1 saturated heterocycles. The fourth-order valence-corrected chi connectivity index (χ4v) is 4.34. The quantitative estimate of drug-likeness (QED) is 0.463. The zero-order chi connectivity index (χ0) is 20.2. The molecule has 2 rings (SSSR count). The summed E-state index contributed by atoms with van der Waals surface area (Å²) in [5, 5.41) is 0.182. The normalized spacial score (nSPS) is 28.0. The highest BCUT2D eigenvalue weighted by Gasteiger charge is 2.42. The number of carbonyl (C=O) groups excluding carboxylic acids is 1. The topological polar surface area (TPSA) is 44.8 Å². The Morgan fingerprint density at radius 1 is 1.19 bits per heavy atom. The van der Waals surface area contributed by atoms with Gasteiger partial charge in [0.25, 0.3) is 0 Å². The summed E-state index contributed by atoms with van der Waals surface area (Å²) in [5.74, 6) is 0.353. The molecule has 5 atom stereocenters. The standard InChI is InChI=1S/C22H36O4Si/c1-16(15-24-27(6,7)22(3,4)5)20-17(2)19(13-14-23)25-21(26-20)18-11-9-8-10-12-18/h8-12,14,16-17,19-21H,13,15H2,1-7H3/t16-,17-,19-,20+,21-/m0/s1. The lowest BCUT2D eigenvalue weighted by Gasteiger charge is -2.44. The molecule has 0 aromatic heterocycles. The van der Waals surface area contributed by atoms with Gasteiger partial charge in [0.2, 0.25) is 0 Å². The van der Waals surface area contributed by atoms with Crippen LogP contribution >= 0.6 is 0 Å². The lowest BCUT2D eigenvalue weighted by atomic mass is 9.87. The molecule has 0 radical (unpaired) electrons. The van der Waals surface area contributed by atoms with E-state index in [4.69, 9.17) is 13.9 Å². The van der Waals surface area contributed by atoms with Crippen LogP contribution < -0.4 is 0 Å². The summed E-state index contributed by atoms with van der Waals surface area (Å²) in [4.78, 5) is 11.2. The minimum atomic E-state index is -1.81. The molecule has 1 aliphatic rings. The van der Waals surface area contributed by atoms with Gasteiger partial charge in [-0.3, -0.25) is 0 Å². The van der Waals surface area contributed by atoms with Gasteiger partial charge in [0, 0.05) is 30.4 Å². The molecule has 0 amide bonds. The number of aldehydes is 1. The molecule has 0 N–H and O–H groups in total. The maximum absolute atomic E-state index is 11.2. The van der Waals surface area contributed by atoms with Crippen LogP contribution in [-0.4, -0.2) is 33.4 Å². The molecule has 1 fully saturated rings. The first-order valence-electron chi connectivity index (χ1n) is 10.0. The molecular weight excluding hydrogens is 356 g/mol. The van der Waals surface area contributed by atoms with Crippen LogP contribution in [0.3, 0.4) is 0 Å². The highest BCUT2D eigenvalue weighted by atomic mass is 28.4. The maximum Gasteiger partial charge on any atom is 0.191 e.